The molecule has 1 aliphatic rings. The highest BCUT2D eigenvalue weighted by Crippen LogP contribution is 2.27. The number of alkyl halides is 3. The van der Waals surface area contributed by atoms with Crippen LogP contribution in [-0.4, -0.2) is 46.9 Å². The van der Waals surface area contributed by atoms with Crippen LogP contribution in [0.25, 0.3) is 0 Å². The lowest BCUT2D eigenvalue weighted by molar-refractivity contribution is -0.141. The molecule has 1 aromatic heterocycles. The monoisotopic (exact) mass is 294 g/mol. The van der Waals surface area contributed by atoms with Gasteiger partial charge in [-0.3, -0.25) is 4.68 Å². The SMILES string of the molecule is OC(COC1CCOCC1)Cn1ccc(C(F)(F)F)n1. The Hall–Kier alpha value is -1.12. The van der Waals surface area contributed by atoms with Crippen molar-refractivity contribution in [3.05, 3.63) is 18.0 Å². The van der Waals surface area contributed by atoms with E-state index in [0.717, 1.165) is 23.6 Å². The Kier molecular flexibility index (Phi) is 5.00. The molecule has 0 bridgehead atoms. The molecular formula is C12H17F3N2O3. The van der Waals surface area contributed by atoms with Gasteiger partial charge < -0.3 is 14.6 Å². The summed E-state index contributed by atoms with van der Waals surface area (Å²) < 4.78 is 48.8. The molecule has 5 nitrogen and oxygen atoms in total. The molecule has 0 radical (unpaired) electrons. The van der Waals surface area contributed by atoms with Crippen molar-refractivity contribution in [2.24, 2.45) is 0 Å². The average Bonchev–Trinajstić information content (AvgIpc) is 2.86. The number of ether oxygens (including phenoxy) is 2. The second kappa shape index (κ2) is 6.55. The van der Waals surface area contributed by atoms with Crippen LogP contribution in [-0.2, 0) is 22.2 Å². The number of rotatable bonds is 5. The maximum Gasteiger partial charge on any atom is 0.435 e. The first kappa shape index (κ1) is 15.3. The van der Waals surface area contributed by atoms with Gasteiger partial charge in [0.05, 0.1) is 25.4 Å². The number of halogens is 3. The molecule has 1 unspecified atom stereocenters. The van der Waals surface area contributed by atoms with Crippen LogP contribution in [0.1, 0.15) is 18.5 Å². The predicted octanol–water partition coefficient (Wildman–Crippen LogP) is 1.46. The van der Waals surface area contributed by atoms with Gasteiger partial charge in [0, 0.05) is 19.4 Å². The Balaban J connectivity index is 1.76. The van der Waals surface area contributed by atoms with E-state index < -0.39 is 18.0 Å². The van der Waals surface area contributed by atoms with Gasteiger partial charge in [0.1, 0.15) is 0 Å². The average molecular weight is 294 g/mol. The molecule has 1 atom stereocenters. The van der Waals surface area contributed by atoms with Gasteiger partial charge in [0.2, 0.25) is 0 Å². The maximum atomic E-state index is 12.4. The lowest BCUT2D eigenvalue weighted by Crippen LogP contribution is -2.29. The van der Waals surface area contributed by atoms with Crippen molar-refractivity contribution in [2.45, 2.75) is 37.8 Å². The van der Waals surface area contributed by atoms with Crippen LogP contribution in [0.3, 0.4) is 0 Å². The summed E-state index contributed by atoms with van der Waals surface area (Å²) in [5.74, 6) is 0. The van der Waals surface area contributed by atoms with Crippen molar-refractivity contribution in [3.63, 3.8) is 0 Å². The number of hydrogen-bond donors (Lipinski definition) is 1. The fraction of sp³-hybridized carbons (Fsp3) is 0.750. The molecule has 1 saturated heterocycles. The zero-order valence-electron chi connectivity index (χ0n) is 10.8. The van der Waals surface area contributed by atoms with E-state index in [-0.39, 0.29) is 19.3 Å². The molecule has 0 spiro atoms. The summed E-state index contributed by atoms with van der Waals surface area (Å²) in [6.45, 7) is 1.31. The summed E-state index contributed by atoms with van der Waals surface area (Å²) in [6.07, 6.45) is -2.57. The van der Waals surface area contributed by atoms with E-state index in [1.807, 2.05) is 0 Å². The molecule has 1 aliphatic heterocycles. The number of nitrogens with zero attached hydrogens (tertiary/aromatic N) is 2. The Morgan fingerprint density at radius 3 is 2.75 bits per heavy atom. The van der Waals surface area contributed by atoms with Gasteiger partial charge in [-0.25, -0.2) is 0 Å². The van der Waals surface area contributed by atoms with Crippen LogP contribution in [0.2, 0.25) is 0 Å². The molecule has 0 amide bonds. The zero-order valence-corrected chi connectivity index (χ0v) is 10.8. The molecule has 0 saturated carbocycles. The lowest BCUT2D eigenvalue weighted by atomic mass is 10.1. The molecule has 1 aromatic rings. The summed E-state index contributed by atoms with van der Waals surface area (Å²) in [7, 11) is 0. The molecule has 0 aliphatic carbocycles. The van der Waals surface area contributed by atoms with E-state index in [4.69, 9.17) is 9.47 Å². The van der Waals surface area contributed by atoms with Gasteiger partial charge in [-0.1, -0.05) is 0 Å². The van der Waals surface area contributed by atoms with Crippen molar-refractivity contribution < 1.29 is 27.8 Å². The molecule has 8 heteroatoms. The molecule has 0 aromatic carbocycles. The third-order valence-corrected chi connectivity index (χ3v) is 3.02. The summed E-state index contributed by atoms with van der Waals surface area (Å²) >= 11 is 0. The van der Waals surface area contributed by atoms with E-state index in [1.165, 1.54) is 6.20 Å². The van der Waals surface area contributed by atoms with Crippen molar-refractivity contribution in [1.82, 2.24) is 9.78 Å². The second-order valence-electron chi connectivity index (χ2n) is 4.72. The standard InChI is InChI=1S/C12H17F3N2O3/c13-12(14,15)11-1-4-17(16-11)7-9(18)8-20-10-2-5-19-6-3-10/h1,4,9-10,18H,2-3,5-8H2. The normalized spacial score (nSPS) is 19.2. The molecule has 1 N–H and O–H groups in total. The summed E-state index contributed by atoms with van der Waals surface area (Å²) in [6, 6.07) is 0.881. The highest BCUT2D eigenvalue weighted by Gasteiger charge is 2.33. The topological polar surface area (TPSA) is 56.5 Å². The minimum Gasteiger partial charge on any atom is -0.389 e. The van der Waals surface area contributed by atoms with E-state index in [2.05, 4.69) is 5.10 Å². The van der Waals surface area contributed by atoms with Crippen LogP contribution < -0.4 is 0 Å². The molecule has 1 fully saturated rings. The fourth-order valence-corrected chi connectivity index (χ4v) is 1.97. The largest absolute Gasteiger partial charge is 0.435 e. The fourth-order valence-electron chi connectivity index (χ4n) is 1.97. The van der Waals surface area contributed by atoms with Gasteiger partial charge in [-0.05, 0) is 18.9 Å². The third-order valence-electron chi connectivity index (χ3n) is 3.02. The number of aliphatic hydroxyl groups excluding tert-OH is 1. The first-order chi connectivity index (χ1) is 9.45. The lowest BCUT2D eigenvalue weighted by Gasteiger charge is -2.23. The van der Waals surface area contributed by atoms with Crippen LogP contribution in [0.4, 0.5) is 13.2 Å². The van der Waals surface area contributed by atoms with E-state index >= 15 is 0 Å². The second-order valence-corrected chi connectivity index (χ2v) is 4.72. The Morgan fingerprint density at radius 2 is 2.15 bits per heavy atom. The number of aliphatic hydroxyl groups is 1. The van der Waals surface area contributed by atoms with Crippen LogP contribution in [0.5, 0.6) is 0 Å². The molecule has 2 rings (SSSR count). The number of hydrogen-bond acceptors (Lipinski definition) is 4. The molecule has 20 heavy (non-hydrogen) atoms. The molecule has 114 valence electrons. The van der Waals surface area contributed by atoms with Crippen molar-refractivity contribution in [1.29, 1.82) is 0 Å². The number of aromatic nitrogens is 2. The minimum absolute atomic E-state index is 0.0285. The van der Waals surface area contributed by atoms with Gasteiger partial charge in [0.15, 0.2) is 5.69 Å². The summed E-state index contributed by atoms with van der Waals surface area (Å²) in [5.41, 5.74) is -0.963. The van der Waals surface area contributed by atoms with Crippen molar-refractivity contribution in [3.8, 4) is 0 Å². The van der Waals surface area contributed by atoms with Crippen LogP contribution >= 0.6 is 0 Å². The maximum absolute atomic E-state index is 12.4. The summed E-state index contributed by atoms with van der Waals surface area (Å²) in [4.78, 5) is 0. The van der Waals surface area contributed by atoms with Gasteiger partial charge >= 0.3 is 6.18 Å². The third kappa shape index (κ3) is 4.46. The zero-order chi connectivity index (χ0) is 14.6. The van der Waals surface area contributed by atoms with E-state index in [9.17, 15) is 18.3 Å². The highest BCUT2D eigenvalue weighted by atomic mass is 19.4. The molecular weight excluding hydrogens is 277 g/mol. The summed E-state index contributed by atoms with van der Waals surface area (Å²) in [5, 5.41) is 13.1. The predicted molar refractivity (Wildman–Crippen MR) is 63.0 cm³/mol. The first-order valence-corrected chi connectivity index (χ1v) is 6.43. The van der Waals surface area contributed by atoms with Crippen LogP contribution in [0, 0.1) is 0 Å². The van der Waals surface area contributed by atoms with Crippen molar-refractivity contribution >= 4 is 0 Å². The Morgan fingerprint density at radius 1 is 1.45 bits per heavy atom. The van der Waals surface area contributed by atoms with E-state index in [1.54, 1.807) is 0 Å². The van der Waals surface area contributed by atoms with Gasteiger partial charge in [-0.15, -0.1) is 0 Å². The van der Waals surface area contributed by atoms with Gasteiger partial charge in [-0.2, -0.15) is 18.3 Å². The van der Waals surface area contributed by atoms with Gasteiger partial charge in [0.25, 0.3) is 0 Å². The van der Waals surface area contributed by atoms with Crippen LogP contribution in [0.15, 0.2) is 12.3 Å². The van der Waals surface area contributed by atoms with E-state index in [0.29, 0.717) is 13.2 Å². The smallest absolute Gasteiger partial charge is 0.389 e. The first-order valence-electron chi connectivity index (χ1n) is 6.43. The quantitative estimate of drug-likeness (QED) is 0.893. The minimum atomic E-state index is -4.46. The molecule has 2 heterocycles. The van der Waals surface area contributed by atoms with Crippen molar-refractivity contribution in [2.75, 3.05) is 19.8 Å². The Labute approximate surface area is 114 Å². The highest BCUT2D eigenvalue weighted by molar-refractivity contribution is 5.03. The Bertz CT molecular complexity index is 416.